The van der Waals surface area contributed by atoms with Crippen LogP contribution in [0.15, 0.2) is 0 Å². The van der Waals surface area contributed by atoms with E-state index in [1.54, 1.807) is 6.92 Å². The van der Waals surface area contributed by atoms with E-state index >= 15 is 0 Å². The lowest BCUT2D eigenvalue weighted by Gasteiger charge is -2.38. The van der Waals surface area contributed by atoms with E-state index in [1.165, 1.54) is 0 Å². The van der Waals surface area contributed by atoms with Crippen LogP contribution >= 0.6 is 0 Å². The van der Waals surface area contributed by atoms with E-state index < -0.39 is 35.0 Å². The average molecular weight is 286 g/mol. The van der Waals surface area contributed by atoms with Crippen LogP contribution in [0.2, 0.25) is 0 Å². The van der Waals surface area contributed by atoms with Crippen molar-refractivity contribution in [2.45, 2.75) is 44.3 Å². The van der Waals surface area contributed by atoms with E-state index in [1.807, 2.05) is 0 Å². The van der Waals surface area contributed by atoms with Crippen LogP contribution in [-0.2, 0) is 10.3 Å². The number of fused-ring (bicyclic) bond motifs is 8. The summed E-state index contributed by atoms with van der Waals surface area (Å²) in [6.45, 7) is 1.68. The van der Waals surface area contributed by atoms with Gasteiger partial charge in [0.05, 0.1) is 11.7 Å². The zero-order chi connectivity index (χ0) is 14.2. The van der Waals surface area contributed by atoms with Gasteiger partial charge in [-0.05, 0) is 31.6 Å². The Hall–Kier alpha value is -1.10. The van der Waals surface area contributed by atoms with Crippen molar-refractivity contribution in [1.29, 1.82) is 0 Å². The molecule has 1 aromatic rings. The molecule has 1 aromatic carbocycles. The van der Waals surface area contributed by atoms with Gasteiger partial charge >= 0.3 is 0 Å². The van der Waals surface area contributed by atoms with Crippen molar-refractivity contribution in [3.8, 4) is 0 Å². The molecule has 4 atom stereocenters. The lowest BCUT2D eigenvalue weighted by Crippen LogP contribution is -2.36. The van der Waals surface area contributed by atoms with Crippen molar-refractivity contribution in [3.63, 3.8) is 0 Å². The summed E-state index contributed by atoms with van der Waals surface area (Å²) in [6.07, 6.45) is 3.11. The summed E-state index contributed by atoms with van der Waals surface area (Å²) in [5, 5.41) is 0. The molecule has 108 valence electrons. The number of halogens is 4. The maximum atomic E-state index is 14.1. The summed E-state index contributed by atoms with van der Waals surface area (Å²) in [5.74, 6) is -5.88. The molecule has 2 heterocycles. The van der Waals surface area contributed by atoms with Crippen LogP contribution in [0.3, 0.4) is 0 Å². The number of ether oxygens (including phenoxy) is 1. The minimum absolute atomic E-state index is 0.0625. The van der Waals surface area contributed by atoms with E-state index in [4.69, 9.17) is 4.74 Å². The minimum atomic E-state index is -1.73. The molecule has 1 aliphatic carbocycles. The van der Waals surface area contributed by atoms with Gasteiger partial charge in [-0.2, -0.15) is 0 Å². The molecule has 0 amide bonds. The van der Waals surface area contributed by atoms with E-state index in [0.717, 1.165) is 25.7 Å². The molecule has 0 aromatic heterocycles. The van der Waals surface area contributed by atoms with Gasteiger partial charge in [0.2, 0.25) is 0 Å². The largest absolute Gasteiger partial charge is 0.362 e. The van der Waals surface area contributed by atoms with Gasteiger partial charge in [-0.15, -0.1) is 0 Å². The second-order valence-corrected chi connectivity index (χ2v) is 6.24. The van der Waals surface area contributed by atoms with Gasteiger partial charge in [-0.25, -0.2) is 17.6 Å². The summed E-state index contributed by atoms with van der Waals surface area (Å²) < 4.78 is 61.0. The Labute approximate surface area is 113 Å². The summed E-state index contributed by atoms with van der Waals surface area (Å²) in [4.78, 5) is 0. The molecule has 20 heavy (non-hydrogen) atoms. The second kappa shape index (κ2) is 3.75. The predicted molar refractivity (Wildman–Crippen MR) is 62.9 cm³/mol. The van der Waals surface area contributed by atoms with Gasteiger partial charge in [-0.3, -0.25) is 0 Å². The van der Waals surface area contributed by atoms with Crippen LogP contribution in [0.5, 0.6) is 0 Å². The van der Waals surface area contributed by atoms with Crippen molar-refractivity contribution < 1.29 is 22.3 Å². The fourth-order valence-corrected chi connectivity index (χ4v) is 4.56. The van der Waals surface area contributed by atoms with Crippen LogP contribution in [0, 0.1) is 35.1 Å². The number of benzene rings is 1. The van der Waals surface area contributed by atoms with E-state index in [-0.39, 0.29) is 23.0 Å². The van der Waals surface area contributed by atoms with Gasteiger partial charge in [0, 0.05) is 11.1 Å². The SMILES string of the molecule is C[C@@]12O[C@@H](c3c(F)c(F)c(F)c(F)c31)[C@H]1CCCC[C@@H]12. The Morgan fingerprint density at radius 2 is 1.60 bits per heavy atom. The molecule has 2 aliphatic heterocycles. The highest BCUT2D eigenvalue weighted by atomic mass is 19.2. The smallest absolute Gasteiger partial charge is 0.197 e. The van der Waals surface area contributed by atoms with Crippen molar-refractivity contribution in [2.75, 3.05) is 0 Å². The fraction of sp³-hybridized carbons (Fsp3) is 0.600. The Bertz CT molecular complexity index is 615. The van der Waals surface area contributed by atoms with Crippen molar-refractivity contribution in [3.05, 3.63) is 34.4 Å². The van der Waals surface area contributed by atoms with Crippen LogP contribution in [0.1, 0.15) is 49.8 Å². The highest BCUT2D eigenvalue weighted by Gasteiger charge is 2.62. The Morgan fingerprint density at radius 3 is 2.35 bits per heavy atom. The number of rotatable bonds is 0. The zero-order valence-corrected chi connectivity index (χ0v) is 11.0. The van der Waals surface area contributed by atoms with Crippen LogP contribution in [0.4, 0.5) is 17.6 Å². The normalized spacial score (nSPS) is 38.0. The molecule has 1 nitrogen and oxygen atoms in total. The van der Waals surface area contributed by atoms with Gasteiger partial charge in [-0.1, -0.05) is 12.8 Å². The van der Waals surface area contributed by atoms with Crippen LogP contribution in [0.25, 0.3) is 0 Å². The fourth-order valence-electron chi connectivity index (χ4n) is 4.56. The van der Waals surface area contributed by atoms with Crippen LogP contribution < -0.4 is 0 Å². The maximum Gasteiger partial charge on any atom is 0.197 e. The average Bonchev–Trinajstić information content (AvgIpc) is 2.92. The Kier molecular flexibility index (Phi) is 2.37. The first-order valence-electron chi connectivity index (χ1n) is 7.01. The van der Waals surface area contributed by atoms with Gasteiger partial charge in [0.25, 0.3) is 0 Å². The van der Waals surface area contributed by atoms with Crippen molar-refractivity contribution in [1.82, 2.24) is 0 Å². The highest BCUT2D eigenvalue weighted by molar-refractivity contribution is 5.45. The summed E-state index contributed by atoms with van der Waals surface area (Å²) in [7, 11) is 0. The Morgan fingerprint density at radius 1 is 0.950 bits per heavy atom. The summed E-state index contributed by atoms with van der Waals surface area (Å²) in [5.41, 5.74) is -1.21. The van der Waals surface area contributed by atoms with Gasteiger partial charge < -0.3 is 4.74 Å². The molecule has 0 unspecified atom stereocenters. The van der Waals surface area contributed by atoms with Crippen molar-refractivity contribution >= 4 is 0 Å². The topological polar surface area (TPSA) is 9.23 Å². The lowest BCUT2D eigenvalue weighted by atomic mass is 9.63. The molecule has 0 N–H and O–H groups in total. The molecule has 4 rings (SSSR count). The number of hydrogen-bond acceptors (Lipinski definition) is 1. The van der Waals surface area contributed by atoms with E-state index in [0.29, 0.717) is 0 Å². The minimum Gasteiger partial charge on any atom is -0.362 e. The molecule has 1 saturated heterocycles. The third kappa shape index (κ3) is 1.23. The molecule has 0 radical (unpaired) electrons. The third-order valence-corrected chi connectivity index (χ3v) is 5.37. The third-order valence-electron chi connectivity index (χ3n) is 5.37. The lowest BCUT2D eigenvalue weighted by molar-refractivity contribution is -0.0302. The molecule has 3 aliphatic rings. The predicted octanol–water partition coefficient (Wildman–Crippen LogP) is 4.35. The molecule has 2 fully saturated rings. The van der Waals surface area contributed by atoms with Crippen LogP contribution in [-0.4, -0.2) is 0 Å². The Balaban J connectivity index is 2.00. The monoisotopic (exact) mass is 286 g/mol. The van der Waals surface area contributed by atoms with E-state index in [2.05, 4.69) is 0 Å². The molecular weight excluding hydrogens is 272 g/mol. The number of hydrogen-bond donors (Lipinski definition) is 0. The highest BCUT2D eigenvalue weighted by Crippen LogP contribution is 2.65. The molecular formula is C15H14F4O. The maximum absolute atomic E-state index is 14.1. The summed E-state index contributed by atoms with van der Waals surface area (Å²) in [6, 6.07) is 0. The van der Waals surface area contributed by atoms with Gasteiger partial charge in [0.15, 0.2) is 23.3 Å². The second-order valence-electron chi connectivity index (χ2n) is 6.24. The standard InChI is InChI=1S/C15H14F4O/c1-15-7-5-3-2-4-6(7)14(20-15)8-9(15)11(17)13(19)12(18)10(8)16/h6-7,14H,2-5H2,1H3/t6-,7-,14+,15-/m0/s1. The first-order chi connectivity index (χ1) is 9.47. The molecule has 1 saturated carbocycles. The molecule has 0 spiro atoms. The van der Waals surface area contributed by atoms with Crippen molar-refractivity contribution in [2.24, 2.45) is 11.8 Å². The first-order valence-corrected chi connectivity index (χ1v) is 7.01. The van der Waals surface area contributed by atoms with Gasteiger partial charge in [0.1, 0.15) is 0 Å². The molecule has 5 heteroatoms. The first kappa shape index (κ1) is 12.6. The zero-order valence-electron chi connectivity index (χ0n) is 11.0. The molecule has 2 bridgehead atoms. The summed E-state index contributed by atoms with van der Waals surface area (Å²) >= 11 is 0. The quantitative estimate of drug-likeness (QED) is 0.391. The van der Waals surface area contributed by atoms with E-state index in [9.17, 15) is 17.6 Å².